The quantitative estimate of drug-likeness (QED) is 0.666. The van der Waals surface area contributed by atoms with Gasteiger partial charge in [-0.25, -0.2) is 4.39 Å². The molecule has 2 unspecified atom stereocenters. The van der Waals surface area contributed by atoms with Crippen molar-refractivity contribution in [2.24, 2.45) is 5.92 Å². The minimum absolute atomic E-state index is 0.0261. The first-order chi connectivity index (χ1) is 10.0. The fraction of sp³-hybridized carbons (Fsp3) is 0.667. The van der Waals surface area contributed by atoms with Crippen molar-refractivity contribution in [3.8, 4) is 5.75 Å². The standard InChI is InChI=1S/C18H26F2O/c1-4-5-6-12(2)7-9-15-10-8-14-11-13(3)16(19)17(20)18(14)21-15/h11-12,15H,4-10H2,1-3H3. The second kappa shape index (κ2) is 7.24. The second-order valence-corrected chi connectivity index (χ2v) is 6.41. The average molecular weight is 296 g/mol. The number of rotatable bonds is 6. The maximum atomic E-state index is 14.0. The lowest BCUT2D eigenvalue weighted by Gasteiger charge is -2.27. The van der Waals surface area contributed by atoms with E-state index in [1.54, 1.807) is 13.0 Å². The molecule has 21 heavy (non-hydrogen) atoms. The number of hydrogen-bond donors (Lipinski definition) is 0. The summed E-state index contributed by atoms with van der Waals surface area (Å²) in [5.74, 6) is -0.760. The smallest absolute Gasteiger partial charge is 0.201 e. The third-order valence-corrected chi connectivity index (χ3v) is 4.47. The summed E-state index contributed by atoms with van der Waals surface area (Å²) in [4.78, 5) is 0. The number of aryl methyl sites for hydroxylation is 2. The van der Waals surface area contributed by atoms with E-state index < -0.39 is 11.6 Å². The largest absolute Gasteiger partial charge is 0.487 e. The van der Waals surface area contributed by atoms with Gasteiger partial charge in [-0.05, 0) is 55.7 Å². The van der Waals surface area contributed by atoms with Gasteiger partial charge in [0.2, 0.25) is 5.82 Å². The van der Waals surface area contributed by atoms with Gasteiger partial charge in [-0.2, -0.15) is 4.39 Å². The maximum Gasteiger partial charge on any atom is 0.201 e. The van der Waals surface area contributed by atoms with Gasteiger partial charge in [-0.1, -0.05) is 33.1 Å². The third kappa shape index (κ3) is 3.96. The highest BCUT2D eigenvalue weighted by atomic mass is 19.2. The van der Waals surface area contributed by atoms with Crippen molar-refractivity contribution in [2.45, 2.75) is 71.8 Å². The predicted molar refractivity (Wildman–Crippen MR) is 81.8 cm³/mol. The monoisotopic (exact) mass is 296 g/mol. The molecule has 0 aromatic heterocycles. The summed E-state index contributed by atoms with van der Waals surface area (Å²) in [6.45, 7) is 6.06. The van der Waals surface area contributed by atoms with Crippen molar-refractivity contribution in [3.63, 3.8) is 0 Å². The summed E-state index contributed by atoms with van der Waals surface area (Å²) < 4.78 is 33.4. The molecule has 0 radical (unpaired) electrons. The van der Waals surface area contributed by atoms with Crippen LogP contribution in [0.1, 0.15) is 63.5 Å². The molecule has 0 N–H and O–H groups in total. The van der Waals surface area contributed by atoms with Crippen LogP contribution in [0.4, 0.5) is 8.78 Å². The molecule has 0 spiro atoms. The van der Waals surface area contributed by atoms with Crippen LogP contribution in [0, 0.1) is 24.5 Å². The van der Waals surface area contributed by atoms with Crippen molar-refractivity contribution in [1.82, 2.24) is 0 Å². The van der Waals surface area contributed by atoms with E-state index in [0.717, 1.165) is 31.2 Å². The van der Waals surface area contributed by atoms with Gasteiger partial charge in [0.05, 0.1) is 6.10 Å². The van der Waals surface area contributed by atoms with Crippen LogP contribution in [0.2, 0.25) is 0 Å². The molecule has 0 fully saturated rings. The zero-order chi connectivity index (χ0) is 15.4. The van der Waals surface area contributed by atoms with Crippen LogP contribution in [0.15, 0.2) is 6.07 Å². The molecule has 1 aliphatic heterocycles. The molecule has 0 saturated carbocycles. The van der Waals surface area contributed by atoms with Crippen molar-refractivity contribution in [3.05, 3.63) is 28.8 Å². The van der Waals surface area contributed by atoms with Crippen molar-refractivity contribution >= 4 is 0 Å². The zero-order valence-electron chi connectivity index (χ0n) is 13.3. The number of unbranched alkanes of at least 4 members (excludes halogenated alkanes) is 1. The average Bonchev–Trinajstić information content (AvgIpc) is 2.49. The van der Waals surface area contributed by atoms with Gasteiger partial charge in [0, 0.05) is 0 Å². The first-order valence-electron chi connectivity index (χ1n) is 8.17. The van der Waals surface area contributed by atoms with Crippen LogP contribution in [-0.4, -0.2) is 6.10 Å². The number of hydrogen-bond acceptors (Lipinski definition) is 1. The molecule has 1 aliphatic rings. The van der Waals surface area contributed by atoms with Crippen LogP contribution >= 0.6 is 0 Å². The van der Waals surface area contributed by atoms with Gasteiger partial charge in [-0.3, -0.25) is 0 Å². The molecular formula is C18H26F2O. The fourth-order valence-electron chi connectivity index (χ4n) is 3.03. The Morgan fingerprint density at radius 3 is 2.76 bits per heavy atom. The highest BCUT2D eigenvalue weighted by molar-refractivity contribution is 5.41. The van der Waals surface area contributed by atoms with Crippen molar-refractivity contribution in [1.29, 1.82) is 0 Å². The van der Waals surface area contributed by atoms with E-state index in [9.17, 15) is 8.78 Å². The van der Waals surface area contributed by atoms with E-state index in [2.05, 4.69) is 13.8 Å². The van der Waals surface area contributed by atoms with E-state index in [1.165, 1.54) is 19.3 Å². The summed E-state index contributed by atoms with van der Waals surface area (Å²) in [5.41, 5.74) is 1.17. The molecular weight excluding hydrogens is 270 g/mol. The summed E-state index contributed by atoms with van der Waals surface area (Å²) >= 11 is 0. The van der Waals surface area contributed by atoms with Gasteiger partial charge in [0.1, 0.15) is 0 Å². The topological polar surface area (TPSA) is 9.23 Å². The Labute approximate surface area is 126 Å². The second-order valence-electron chi connectivity index (χ2n) is 6.41. The Hall–Kier alpha value is -1.12. The molecule has 1 nitrogen and oxygen atoms in total. The first-order valence-corrected chi connectivity index (χ1v) is 8.17. The molecule has 0 bridgehead atoms. The molecule has 2 atom stereocenters. The SMILES string of the molecule is CCCCC(C)CCC1CCc2cc(C)c(F)c(F)c2O1. The lowest BCUT2D eigenvalue weighted by Crippen LogP contribution is -2.24. The summed E-state index contributed by atoms with van der Waals surface area (Å²) in [6, 6.07) is 1.72. The van der Waals surface area contributed by atoms with E-state index in [4.69, 9.17) is 4.74 Å². The Morgan fingerprint density at radius 2 is 2.05 bits per heavy atom. The van der Waals surface area contributed by atoms with E-state index in [-0.39, 0.29) is 11.9 Å². The summed E-state index contributed by atoms with van der Waals surface area (Å²) in [6.07, 6.45) is 7.45. The van der Waals surface area contributed by atoms with Crippen LogP contribution < -0.4 is 4.74 Å². The number of halogens is 2. The Kier molecular flexibility index (Phi) is 5.60. The lowest BCUT2D eigenvalue weighted by molar-refractivity contribution is 0.145. The Bertz CT molecular complexity index is 485. The van der Waals surface area contributed by atoms with Crippen LogP contribution in [0.25, 0.3) is 0 Å². The van der Waals surface area contributed by atoms with Crippen LogP contribution in [0.3, 0.4) is 0 Å². The minimum Gasteiger partial charge on any atom is -0.487 e. The van der Waals surface area contributed by atoms with Gasteiger partial charge in [0.25, 0.3) is 0 Å². The predicted octanol–water partition coefficient (Wildman–Crippen LogP) is 5.57. The van der Waals surface area contributed by atoms with E-state index >= 15 is 0 Å². The summed E-state index contributed by atoms with van der Waals surface area (Å²) in [5, 5.41) is 0. The summed E-state index contributed by atoms with van der Waals surface area (Å²) in [7, 11) is 0. The van der Waals surface area contributed by atoms with Gasteiger partial charge < -0.3 is 4.74 Å². The molecule has 0 saturated heterocycles. The van der Waals surface area contributed by atoms with E-state index in [0.29, 0.717) is 11.5 Å². The number of benzene rings is 1. The number of fused-ring (bicyclic) bond motifs is 1. The molecule has 1 heterocycles. The van der Waals surface area contributed by atoms with Gasteiger partial charge in [-0.15, -0.1) is 0 Å². The molecule has 1 aromatic rings. The minimum atomic E-state index is -0.811. The molecule has 1 aromatic carbocycles. The normalized spacial score (nSPS) is 19.0. The third-order valence-electron chi connectivity index (χ3n) is 4.47. The van der Waals surface area contributed by atoms with Gasteiger partial charge >= 0.3 is 0 Å². The highest BCUT2D eigenvalue weighted by Crippen LogP contribution is 2.35. The Balaban J connectivity index is 1.95. The first kappa shape index (κ1) is 16.3. The van der Waals surface area contributed by atoms with E-state index in [1.807, 2.05) is 0 Å². The highest BCUT2D eigenvalue weighted by Gasteiger charge is 2.26. The molecule has 0 amide bonds. The van der Waals surface area contributed by atoms with Crippen molar-refractivity contribution < 1.29 is 13.5 Å². The molecule has 3 heteroatoms. The fourth-order valence-corrected chi connectivity index (χ4v) is 3.03. The van der Waals surface area contributed by atoms with Gasteiger partial charge in [0.15, 0.2) is 11.6 Å². The van der Waals surface area contributed by atoms with Crippen LogP contribution in [0.5, 0.6) is 5.75 Å². The number of ether oxygens (including phenoxy) is 1. The zero-order valence-corrected chi connectivity index (χ0v) is 13.3. The maximum absolute atomic E-state index is 14.0. The lowest BCUT2D eigenvalue weighted by atomic mass is 9.93. The molecule has 2 rings (SSSR count). The molecule has 118 valence electrons. The van der Waals surface area contributed by atoms with Crippen molar-refractivity contribution in [2.75, 3.05) is 0 Å². The molecule has 0 aliphatic carbocycles. The van der Waals surface area contributed by atoms with Crippen LogP contribution in [-0.2, 0) is 6.42 Å². The Morgan fingerprint density at radius 1 is 1.29 bits per heavy atom.